The summed E-state index contributed by atoms with van der Waals surface area (Å²) in [6, 6.07) is 0. The molecule has 20 heavy (non-hydrogen) atoms. The molecule has 0 bridgehead atoms. The molecular weight excluding hydrogens is 260 g/mol. The summed E-state index contributed by atoms with van der Waals surface area (Å²) in [5.41, 5.74) is -0.508. The maximum atomic E-state index is 12.5. The summed E-state index contributed by atoms with van der Waals surface area (Å²) in [4.78, 5) is 30.6. The molecule has 3 atom stereocenters. The van der Waals surface area contributed by atoms with E-state index >= 15 is 0 Å². The zero-order valence-corrected chi connectivity index (χ0v) is 11.2. The number of hydrogen-bond acceptors (Lipinski definition) is 4. The van der Waals surface area contributed by atoms with Gasteiger partial charge >= 0.3 is 5.97 Å². The highest BCUT2D eigenvalue weighted by molar-refractivity contribution is 6.36. The Kier molecular flexibility index (Phi) is 2.41. The van der Waals surface area contributed by atoms with E-state index in [0.717, 1.165) is 24.7 Å². The second-order valence-electron chi connectivity index (χ2n) is 6.73. The number of aliphatic carboxylic acids is 1. The quantitative estimate of drug-likeness (QED) is 0.812. The van der Waals surface area contributed by atoms with Crippen molar-refractivity contribution < 1.29 is 19.5 Å². The number of rotatable bonds is 2. The molecular formula is C14H18N2O4. The van der Waals surface area contributed by atoms with E-state index in [0.29, 0.717) is 25.9 Å². The van der Waals surface area contributed by atoms with Crippen molar-refractivity contribution >= 4 is 17.6 Å². The fourth-order valence-electron chi connectivity index (χ4n) is 4.06. The maximum Gasteiger partial charge on any atom is 0.353 e. The van der Waals surface area contributed by atoms with Crippen LogP contribution in [-0.2, 0) is 14.4 Å². The van der Waals surface area contributed by atoms with Gasteiger partial charge in [-0.05, 0) is 31.1 Å². The summed E-state index contributed by atoms with van der Waals surface area (Å²) in [6.07, 6.45) is 4.39. The Bertz CT molecular complexity index is 507. The Morgan fingerprint density at radius 1 is 1.30 bits per heavy atom. The standard InChI is InChI=1S/C14H18N2O4/c17-12(10-4-8-3-9(8)5-10)16-2-1-14(7-16)6-11(13(18)19)15-20-14/h8-10H,1-7H2,(H,18,19). The fraction of sp³-hybridized carbons (Fsp3) is 0.786. The van der Waals surface area contributed by atoms with Gasteiger partial charge in [-0.3, -0.25) is 4.79 Å². The predicted octanol–water partition coefficient (Wildman–Crippen LogP) is 0.864. The number of carboxylic acids is 1. The van der Waals surface area contributed by atoms with Crippen LogP contribution in [0.3, 0.4) is 0 Å². The second kappa shape index (κ2) is 3.96. The summed E-state index contributed by atoms with van der Waals surface area (Å²) in [5.74, 6) is 0.995. The van der Waals surface area contributed by atoms with Crippen molar-refractivity contribution in [3.05, 3.63) is 0 Å². The molecule has 0 radical (unpaired) electrons. The molecule has 0 aromatic carbocycles. The summed E-state index contributed by atoms with van der Waals surface area (Å²) >= 11 is 0. The summed E-state index contributed by atoms with van der Waals surface area (Å²) in [5, 5.41) is 12.6. The smallest absolute Gasteiger partial charge is 0.353 e. The van der Waals surface area contributed by atoms with Crippen molar-refractivity contribution in [1.29, 1.82) is 0 Å². The zero-order chi connectivity index (χ0) is 13.9. The van der Waals surface area contributed by atoms with Crippen LogP contribution < -0.4 is 0 Å². The Morgan fingerprint density at radius 2 is 2.05 bits per heavy atom. The number of carbonyl (C=O) groups excluding carboxylic acids is 1. The summed E-state index contributed by atoms with van der Waals surface area (Å²) in [7, 11) is 0. The van der Waals surface area contributed by atoms with Crippen LogP contribution in [0.25, 0.3) is 0 Å². The first kappa shape index (κ1) is 12.2. The van der Waals surface area contributed by atoms with Gasteiger partial charge in [0.1, 0.15) is 0 Å². The van der Waals surface area contributed by atoms with Gasteiger partial charge < -0.3 is 14.8 Å². The minimum Gasteiger partial charge on any atom is -0.477 e. The number of likely N-dealkylation sites (tertiary alicyclic amines) is 1. The molecule has 2 aliphatic heterocycles. The largest absolute Gasteiger partial charge is 0.477 e. The third-order valence-corrected chi connectivity index (χ3v) is 5.31. The normalized spacial score (nSPS) is 41.5. The maximum absolute atomic E-state index is 12.5. The van der Waals surface area contributed by atoms with E-state index in [1.165, 1.54) is 6.42 Å². The molecule has 1 spiro atoms. The number of fused-ring (bicyclic) bond motifs is 1. The number of hydrogen-bond donors (Lipinski definition) is 1. The first-order valence-electron chi connectivity index (χ1n) is 7.33. The molecule has 4 rings (SSSR count). The van der Waals surface area contributed by atoms with Crippen molar-refractivity contribution in [2.45, 2.75) is 37.7 Å². The van der Waals surface area contributed by atoms with Crippen molar-refractivity contribution in [1.82, 2.24) is 4.90 Å². The molecule has 1 N–H and O–H groups in total. The second-order valence-corrected chi connectivity index (χ2v) is 6.73. The van der Waals surface area contributed by atoms with Gasteiger partial charge in [0.15, 0.2) is 11.3 Å². The molecule has 108 valence electrons. The lowest BCUT2D eigenvalue weighted by molar-refractivity contribution is -0.136. The molecule has 0 aromatic heterocycles. The monoisotopic (exact) mass is 278 g/mol. The van der Waals surface area contributed by atoms with Gasteiger partial charge in [-0.1, -0.05) is 5.16 Å². The van der Waals surface area contributed by atoms with Crippen LogP contribution in [0.5, 0.6) is 0 Å². The average molecular weight is 278 g/mol. The number of nitrogens with zero attached hydrogens (tertiary/aromatic N) is 2. The van der Waals surface area contributed by atoms with E-state index in [9.17, 15) is 9.59 Å². The molecule has 2 aliphatic carbocycles. The first-order chi connectivity index (χ1) is 9.56. The Morgan fingerprint density at radius 3 is 2.70 bits per heavy atom. The molecule has 3 unspecified atom stereocenters. The predicted molar refractivity (Wildman–Crippen MR) is 69.0 cm³/mol. The number of carbonyl (C=O) groups is 2. The Labute approximate surface area is 116 Å². The molecule has 4 aliphatic rings. The molecule has 0 aromatic rings. The van der Waals surface area contributed by atoms with E-state index in [1.807, 2.05) is 4.90 Å². The minimum atomic E-state index is -1.03. The lowest BCUT2D eigenvalue weighted by Crippen LogP contribution is -2.39. The molecule has 2 heterocycles. The number of amides is 1. The topological polar surface area (TPSA) is 79.2 Å². The molecule has 2 saturated carbocycles. The molecule has 1 saturated heterocycles. The average Bonchev–Trinajstić information content (AvgIpc) is 2.89. The van der Waals surface area contributed by atoms with E-state index in [2.05, 4.69) is 5.16 Å². The Balaban J connectivity index is 1.39. The van der Waals surface area contributed by atoms with Crippen molar-refractivity contribution in [2.24, 2.45) is 22.9 Å². The van der Waals surface area contributed by atoms with Crippen LogP contribution in [-0.4, -0.2) is 46.3 Å². The molecule has 3 fully saturated rings. The summed E-state index contributed by atoms with van der Waals surface area (Å²) in [6.45, 7) is 1.14. The van der Waals surface area contributed by atoms with E-state index in [1.54, 1.807) is 0 Å². The van der Waals surface area contributed by atoms with Crippen LogP contribution in [0.2, 0.25) is 0 Å². The van der Waals surface area contributed by atoms with Crippen molar-refractivity contribution in [3.8, 4) is 0 Å². The highest BCUT2D eigenvalue weighted by Gasteiger charge is 2.52. The lowest BCUT2D eigenvalue weighted by atomic mass is 9.96. The minimum absolute atomic E-state index is 0.0707. The third kappa shape index (κ3) is 1.81. The van der Waals surface area contributed by atoms with Crippen LogP contribution >= 0.6 is 0 Å². The van der Waals surface area contributed by atoms with Crippen LogP contribution in [0, 0.1) is 17.8 Å². The van der Waals surface area contributed by atoms with Crippen molar-refractivity contribution in [3.63, 3.8) is 0 Å². The lowest BCUT2D eigenvalue weighted by Gasteiger charge is -2.24. The van der Waals surface area contributed by atoms with Crippen LogP contribution in [0.1, 0.15) is 32.1 Å². The van der Waals surface area contributed by atoms with Gasteiger partial charge in [0, 0.05) is 25.3 Å². The summed E-state index contributed by atoms with van der Waals surface area (Å²) < 4.78 is 0. The van der Waals surface area contributed by atoms with Gasteiger partial charge in [0.25, 0.3) is 0 Å². The number of oxime groups is 1. The van der Waals surface area contributed by atoms with Gasteiger partial charge in [-0.2, -0.15) is 0 Å². The van der Waals surface area contributed by atoms with E-state index in [4.69, 9.17) is 9.94 Å². The first-order valence-corrected chi connectivity index (χ1v) is 7.33. The Hall–Kier alpha value is -1.59. The van der Waals surface area contributed by atoms with Gasteiger partial charge in [-0.15, -0.1) is 0 Å². The van der Waals surface area contributed by atoms with Gasteiger partial charge in [-0.25, -0.2) is 4.79 Å². The van der Waals surface area contributed by atoms with Crippen LogP contribution in [0.15, 0.2) is 5.16 Å². The number of carboxylic acid groups (broad SMARTS) is 1. The highest BCUT2D eigenvalue weighted by atomic mass is 16.7. The van der Waals surface area contributed by atoms with Gasteiger partial charge in [0.05, 0.1) is 6.54 Å². The van der Waals surface area contributed by atoms with E-state index in [-0.39, 0.29) is 17.5 Å². The van der Waals surface area contributed by atoms with Gasteiger partial charge in [0.2, 0.25) is 5.91 Å². The third-order valence-electron chi connectivity index (χ3n) is 5.31. The van der Waals surface area contributed by atoms with Crippen molar-refractivity contribution in [2.75, 3.05) is 13.1 Å². The zero-order valence-electron chi connectivity index (χ0n) is 11.2. The highest BCUT2D eigenvalue weighted by Crippen LogP contribution is 2.55. The van der Waals surface area contributed by atoms with E-state index < -0.39 is 11.6 Å². The molecule has 6 heteroatoms. The SMILES string of the molecule is O=C(O)C1=NOC2(CCN(C(=O)C3CC4CC4C3)C2)C1. The molecule has 1 amide bonds. The van der Waals surface area contributed by atoms with Crippen LogP contribution in [0.4, 0.5) is 0 Å². The fourth-order valence-corrected chi connectivity index (χ4v) is 4.06. The molecule has 6 nitrogen and oxygen atoms in total.